The zero-order valence-corrected chi connectivity index (χ0v) is 21.7. The number of fused-ring (bicyclic) bond motifs is 2. The number of benzene rings is 1. The molecule has 1 aliphatic carbocycles. The topological polar surface area (TPSA) is 72.8 Å². The van der Waals surface area contributed by atoms with E-state index in [1.165, 1.54) is 51.1 Å². The molecule has 1 N–H and O–H groups in total. The normalized spacial score (nSPS) is 18.3. The molecule has 7 nitrogen and oxygen atoms in total. The monoisotopic (exact) mass is 503 g/mol. The molecule has 2 aliphatic heterocycles. The van der Waals surface area contributed by atoms with Gasteiger partial charge in [-0.25, -0.2) is 9.97 Å². The fourth-order valence-electron chi connectivity index (χ4n) is 5.70. The number of carbonyl (C=O) groups is 1. The molecule has 0 saturated carbocycles. The lowest BCUT2D eigenvalue weighted by Crippen LogP contribution is -2.49. The van der Waals surface area contributed by atoms with Crippen molar-refractivity contribution < 1.29 is 9.90 Å². The summed E-state index contributed by atoms with van der Waals surface area (Å²) in [5, 5.41) is 9.20. The summed E-state index contributed by atoms with van der Waals surface area (Å²) in [6.45, 7) is 7.54. The maximum Gasteiger partial charge on any atom is 0.248 e. The molecule has 0 spiro atoms. The third-order valence-corrected chi connectivity index (χ3v) is 8.92. The molecular weight excluding hydrogens is 470 g/mol. The van der Waals surface area contributed by atoms with Crippen LogP contribution in [-0.2, 0) is 17.8 Å². The number of carbonyl (C=O) groups excluding carboxylic acids is 1. The van der Waals surface area contributed by atoms with Gasteiger partial charge in [0.1, 0.15) is 6.61 Å². The second kappa shape index (κ2) is 9.92. The largest absolute Gasteiger partial charge is 0.387 e. The Bertz CT molecular complexity index is 1320. The minimum Gasteiger partial charge on any atom is -0.387 e. The van der Waals surface area contributed by atoms with Gasteiger partial charge in [0.25, 0.3) is 0 Å². The number of nitrogens with zero attached hydrogens (tertiary/aromatic N) is 5. The van der Waals surface area contributed by atoms with E-state index >= 15 is 0 Å². The molecule has 0 radical (unpaired) electrons. The summed E-state index contributed by atoms with van der Waals surface area (Å²) in [6.07, 6.45) is 9.11. The minimum absolute atomic E-state index is 0.181. The number of thiophene rings is 1. The zero-order valence-electron chi connectivity index (χ0n) is 20.9. The predicted molar refractivity (Wildman–Crippen MR) is 145 cm³/mol. The van der Waals surface area contributed by atoms with Crippen molar-refractivity contribution in [2.75, 3.05) is 50.8 Å². The third-order valence-electron chi connectivity index (χ3n) is 7.77. The molecule has 2 saturated heterocycles. The van der Waals surface area contributed by atoms with E-state index in [0.717, 1.165) is 56.3 Å². The number of allylic oxidation sites excluding steroid dienone is 1. The molecule has 4 heterocycles. The fourth-order valence-corrected chi connectivity index (χ4v) is 6.81. The van der Waals surface area contributed by atoms with Crippen LogP contribution in [-0.4, -0.2) is 76.7 Å². The van der Waals surface area contributed by atoms with Gasteiger partial charge < -0.3 is 14.9 Å². The summed E-state index contributed by atoms with van der Waals surface area (Å²) in [5.41, 5.74) is 7.28. The highest BCUT2D eigenvalue weighted by Gasteiger charge is 2.26. The first-order valence-corrected chi connectivity index (χ1v) is 13.9. The van der Waals surface area contributed by atoms with Crippen molar-refractivity contribution >= 4 is 39.5 Å². The molecule has 0 unspecified atom stereocenters. The molecular formula is C28H33N5O2S. The predicted octanol–water partition coefficient (Wildman–Crippen LogP) is 3.86. The van der Waals surface area contributed by atoms with E-state index in [2.05, 4.69) is 47.1 Å². The van der Waals surface area contributed by atoms with Gasteiger partial charge in [0.15, 0.2) is 0 Å². The summed E-state index contributed by atoms with van der Waals surface area (Å²) >= 11 is 1.81. The van der Waals surface area contributed by atoms with Crippen molar-refractivity contribution in [2.45, 2.75) is 39.2 Å². The standard InChI is InChI=1S/C28H33N5O2S/c1-19-23(17-31-13-15-32(16-14-31)24(35)18-34)26-27(36-19)25(22-10-6-8-20-7-5-9-21(20)22)29-28(30-26)33-11-3-2-4-12-33/h5-6,8-10,34H,2-4,7,11-18H2,1H3. The van der Waals surface area contributed by atoms with E-state index in [1.807, 2.05) is 0 Å². The quantitative estimate of drug-likeness (QED) is 0.570. The molecule has 1 amide bonds. The fraction of sp³-hybridized carbons (Fsp3) is 0.464. The smallest absolute Gasteiger partial charge is 0.248 e. The van der Waals surface area contributed by atoms with Crippen molar-refractivity contribution in [3.63, 3.8) is 0 Å². The number of aromatic nitrogens is 2. The van der Waals surface area contributed by atoms with Crippen molar-refractivity contribution in [1.29, 1.82) is 0 Å². The number of piperidine rings is 1. The van der Waals surface area contributed by atoms with Crippen molar-refractivity contribution in [1.82, 2.24) is 19.8 Å². The average molecular weight is 504 g/mol. The lowest BCUT2D eigenvalue weighted by molar-refractivity contribution is -0.135. The molecule has 6 rings (SSSR count). The Balaban J connectivity index is 1.41. The van der Waals surface area contributed by atoms with Gasteiger partial charge >= 0.3 is 0 Å². The molecule has 2 aromatic heterocycles. The second-order valence-corrected chi connectivity index (χ2v) is 11.3. The number of amides is 1. The molecule has 36 heavy (non-hydrogen) atoms. The second-order valence-electron chi connectivity index (χ2n) is 10.0. The van der Waals surface area contributed by atoms with Gasteiger partial charge in [0, 0.05) is 61.8 Å². The molecule has 0 bridgehead atoms. The number of hydrogen-bond acceptors (Lipinski definition) is 7. The first-order valence-electron chi connectivity index (χ1n) is 13.1. The first kappa shape index (κ1) is 23.6. The number of aliphatic hydroxyl groups is 1. The molecule has 3 aliphatic rings. The average Bonchev–Trinajstić information content (AvgIpc) is 3.53. The van der Waals surface area contributed by atoms with E-state index < -0.39 is 6.61 Å². The highest BCUT2D eigenvalue weighted by atomic mass is 32.1. The molecule has 3 aromatic rings. The number of aryl methyl sites for hydroxylation is 1. The zero-order chi connectivity index (χ0) is 24.6. The van der Waals surface area contributed by atoms with Crippen LogP contribution in [0.15, 0.2) is 24.3 Å². The van der Waals surface area contributed by atoms with Gasteiger partial charge in [-0.1, -0.05) is 30.4 Å². The first-order chi connectivity index (χ1) is 17.6. The highest BCUT2D eigenvalue weighted by Crippen LogP contribution is 2.41. The van der Waals surface area contributed by atoms with E-state index in [9.17, 15) is 9.90 Å². The van der Waals surface area contributed by atoms with Gasteiger partial charge in [-0.2, -0.15) is 0 Å². The van der Waals surface area contributed by atoms with E-state index in [4.69, 9.17) is 9.97 Å². The van der Waals surface area contributed by atoms with E-state index in [-0.39, 0.29) is 5.91 Å². The van der Waals surface area contributed by atoms with Crippen LogP contribution in [0.25, 0.3) is 27.6 Å². The van der Waals surface area contributed by atoms with Crippen molar-refractivity contribution in [2.24, 2.45) is 0 Å². The molecule has 188 valence electrons. The molecule has 2 fully saturated rings. The Labute approximate surface area is 216 Å². The molecule has 0 atom stereocenters. The van der Waals surface area contributed by atoms with Crippen LogP contribution in [0.4, 0.5) is 5.95 Å². The van der Waals surface area contributed by atoms with Crippen LogP contribution >= 0.6 is 11.3 Å². The van der Waals surface area contributed by atoms with Crippen molar-refractivity contribution in [3.05, 3.63) is 45.8 Å². The number of piperazine rings is 1. The van der Waals surface area contributed by atoms with Gasteiger partial charge in [-0.3, -0.25) is 9.69 Å². The maximum atomic E-state index is 11.9. The van der Waals surface area contributed by atoms with Crippen LogP contribution in [0.5, 0.6) is 0 Å². The minimum atomic E-state index is -0.411. The van der Waals surface area contributed by atoms with Gasteiger partial charge in [-0.15, -0.1) is 11.3 Å². The van der Waals surface area contributed by atoms with Gasteiger partial charge in [-0.05, 0) is 43.7 Å². The van der Waals surface area contributed by atoms with Crippen molar-refractivity contribution in [3.8, 4) is 11.3 Å². The summed E-state index contributed by atoms with van der Waals surface area (Å²) in [6, 6.07) is 6.58. The Kier molecular flexibility index (Phi) is 6.50. The lowest BCUT2D eigenvalue weighted by Gasteiger charge is -2.34. The third kappa shape index (κ3) is 4.31. The lowest BCUT2D eigenvalue weighted by atomic mass is 10.00. The Hall–Kier alpha value is -2.81. The van der Waals surface area contributed by atoms with Crippen LogP contribution in [0, 0.1) is 6.92 Å². The van der Waals surface area contributed by atoms with Crippen LogP contribution < -0.4 is 4.90 Å². The molecule has 1 aromatic carbocycles. The van der Waals surface area contributed by atoms with E-state index in [1.54, 1.807) is 16.2 Å². The highest BCUT2D eigenvalue weighted by molar-refractivity contribution is 7.19. The summed E-state index contributed by atoms with van der Waals surface area (Å²) in [4.78, 5) is 30.1. The van der Waals surface area contributed by atoms with E-state index in [0.29, 0.717) is 13.1 Å². The van der Waals surface area contributed by atoms with Gasteiger partial charge in [0.2, 0.25) is 11.9 Å². The number of anilines is 1. The Morgan fingerprint density at radius 2 is 1.86 bits per heavy atom. The maximum absolute atomic E-state index is 11.9. The SMILES string of the molecule is Cc1sc2c(-c3cccc4c3C=CC4)nc(N3CCCCC3)nc2c1CN1CCN(C(=O)CO)CC1. The number of rotatable bonds is 5. The summed E-state index contributed by atoms with van der Waals surface area (Å²) in [5.74, 6) is 0.675. The number of hydrogen-bond donors (Lipinski definition) is 1. The van der Waals surface area contributed by atoms with Crippen LogP contribution in [0.1, 0.15) is 40.8 Å². The summed E-state index contributed by atoms with van der Waals surface area (Å²) < 4.78 is 1.17. The van der Waals surface area contributed by atoms with Gasteiger partial charge in [0.05, 0.1) is 15.9 Å². The molecule has 8 heteroatoms. The number of aliphatic hydroxyl groups excluding tert-OH is 1. The Morgan fingerprint density at radius 3 is 2.64 bits per heavy atom. The summed E-state index contributed by atoms with van der Waals surface area (Å²) in [7, 11) is 0. The Morgan fingerprint density at radius 1 is 1.06 bits per heavy atom. The van der Waals surface area contributed by atoms with Crippen LogP contribution in [0.3, 0.4) is 0 Å². The van der Waals surface area contributed by atoms with Crippen LogP contribution in [0.2, 0.25) is 0 Å².